The second-order valence-electron chi connectivity index (χ2n) is 7.35. The van der Waals surface area contributed by atoms with Crippen molar-refractivity contribution in [3.05, 3.63) is 77.1 Å². The summed E-state index contributed by atoms with van der Waals surface area (Å²) in [7, 11) is -1.49. The van der Waals surface area contributed by atoms with Crippen LogP contribution in [0.5, 0.6) is 11.5 Å². The third-order valence-corrected chi connectivity index (χ3v) is 5.72. The van der Waals surface area contributed by atoms with Crippen LogP contribution in [0.1, 0.15) is 36.5 Å². The minimum atomic E-state index is -1.49. The third kappa shape index (κ3) is 4.95. The summed E-state index contributed by atoms with van der Waals surface area (Å²) in [6.07, 6.45) is 0. The molecule has 3 N–H and O–H groups in total. The Bertz CT molecular complexity index is 1050. The van der Waals surface area contributed by atoms with Crippen LogP contribution in [0.3, 0.4) is 0 Å². The van der Waals surface area contributed by atoms with E-state index in [4.69, 9.17) is 0 Å². The molecule has 4 nitrogen and oxygen atoms in total. The normalized spacial score (nSPS) is 12.2. The molecule has 0 aliphatic carbocycles. The first-order valence-electron chi connectivity index (χ1n) is 9.31. The maximum atomic E-state index is 13.9. The highest BCUT2D eigenvalue weighted by molar-refractivity contribution is 7.85. The van der Waals surface area contributed by atoms with Crippen LogP contribution >= 0.6 is 0 Å². The first-order valence-corrected chi connectivity index (χ1v) is 10.6. The minimum Gasteiger partial charge on any atom is -0.508 e. The Morgan fingerprint density at radius 3 is 2.31 bits per heavy atom. The number of aromatic hydroxyl groups is 2. The summed E-state index contributed by atoms with van der Waals surface area (Å²) in [5.74, 6) is -0.325. The highest BCUT2D eigenvalue weighted by Crippen LogP contribution is 2.40. The van der Waals surface area contributed by atoms with E-state index < -0.39 is 16.8 Å². The summed E-state index contributed by atoms with van der Waals surface area (Å²) >= 11 is 0. The molecule has 0 aliphatic rings. The van der Waals surface area contributed by atoms with Gasteiger partial charge in [-0.2, -0.15) is 0 Å². The lowest BCUT2D eigenvalue weighted by Gasteiger charge is -2.16. The largest absolute Gasteiger partial charge is 0.508 e. The summed E-state index contributed by atoms with van der Waals surface area (Å²) in [4.78, 5) is 0. The van der Waals surface area contributed by atoms with E-state index in [-0.39, 0.29) is 23.2 Å². The molecule has 3 rings (SSSR count). The van der Waals surface area contributed by atoms with Gasteiger partial charge in [0.1, 0.15) is 28.3 Å². The Labute approximate surface area is 172 Å². The van der Waals surface area contributed by atoms with E-state index >= 15 is 0 Å². The SMILES string of the molecule is Cc1ccc(CS(=O)Nc2cc(F)ccc2-c2cc(C(C)C)c(O)cc2O)cc1. The molecule has 0 saturated heterocycles. The van der Waals surface area contributed by atoms with Gasteiger partial charge in [0.2, 0.25) is 0 Å². The second-order valence-corrected chi connectivity index (χ2v) is 8.53. The smallest absolute Gasteiger partial charge is 0.127 e. The van der Waals surface area contributed by atoms with Crippen molar-refractivity contribution in [3.8, 4) is 22.6 Å². The van der Waals surface area contributed by atoms with E-state index in [0.717, 1.165) is 11.1 Å². The summed E-state index contributed by atoms with van der Waals surface area (Å²) in [5, 5.41) is 20.5. The van der Waals surface area contributed by atoms with Gasteiger partial charge in [0, 0.05) is 17.2 Å². The Hall–Kier alpha value is -2.86. The van der Waals surface area contributed by atoms with Crippen LogP contribution in [0, 0.1) is 12.7 Å². The fraction of sp³-hybridized carbons (Fsp3) is 0.217. The second kappa shape index (κ2) is 8.66. The van der Waals surface area contributed by atoms with Gasteiger partial charge in [0.05, 0.1) is 11.4 Å². The van der Waals surface area contributed by atoms with Crippen LogP contribution in [0.25, 0.3) is 11.1 Å². The van der Waals surface area contributed by atoms with E-state index in [9.17, 15) is 18.8 Å². The fourth-order valence-corrected chi connectivity index (χ4v) is 4.08. The topological polar surface area (TPSA) is 69.6 Å². The van der Waals surface area contributed by atoms with E-state index in [2.05, 4.69) is 4.72 Å². The van der Waals surface area contributed by atoms with E-state index in [1.165, 1.54) is 24.3 Å². The van der Waals surface area contributed by atoms with Crippen LogP contribution in [0.2, 0.25) is 0 Å². The highest BCUT2D eigenvalue weighted by Gasteiger charge is 2.17. The van der Waals surface area contributed by atoms with Gasteiger partial charge in [-0.15, -0.1) is 0 Å². The van der Waals surface area contributed by atoms with Crippen LogP contribution in [0.15, 0.2) is 54.6 Å². The summed E-state index contributed by atoms with van der Waals surface area (Å²) in [6.45, 7) is 5.83. The highest BCUT2D eigenvalue weighted by atomic mass is 32.2. The number of halogens is 1. The number of hydrogen-bond donors (Lipinski definition) is 3. The molecule has 0 aliphatic heterocycles. The maximum absolute atomic E-state index is 13.9. The van der Waals surface area contributed by atoms with Crippen molar-refractivity contribution in [1.82, 2.24) is 0 Å². The van der Waals surface area contributed by atoms with Gasteiger partial charge >= 0.3 is 0 Å². The Morgan fingerprint density at radius 1 is 0.966 bits per heavy atom. The summed E-state index contributed by atoms with van der Waals surface area (Å²) in [5.41, 5.74) is 3.92. The number of aryl methyl sites for hydroxylation is 1. The monoisotopic (exact) mass is 413 g/mol. The van der Waals surface area contributed by atoms with Crippen LogP contribution in [0.4, 0.5) is 10.1 Å². The lowest BCUT2D eigenvalue weighted by Crippen LogP contribution is -2.08. The molecular formula is C23H24FNO3S. The predicted molar refractivity (Wildman–Crippen MR) is 116 cm³/mol. The van der Waals surface area contributed by atoms with Gasteiger partial charge in [0.15, 0.2) is 0 Å². The van der Waals surface area contributed by atoms with E-state index in [1.54, 1.807) is 6.07 Å². The molecule has 0 aromatic heterocycles. The predicted octanol–water partition coefficient (Wildman–Crippen LogP) is 5.61. The van der Waals surface area contributed by atoms with Crippen molar-refractivity contribution in [1.29, 1.82) is 0 Å². The Kier molecular flexibility index (Phi) is 6.23. The van der Waals surface area contributed by atoms with E-state index in [0.29, 0.717) is 22.4 Å². The fourth-order valence-electron chi connectivity index (χ4n) is 3.10. The molecular weight excluding hydrogens is 389 g/mol. The molecule has 0 bridgehead atoms. The van der Waals surface area contributed by atoms with Crippen LogP contribution < -0.4 is 4.72 Å². The lowest BCUT2D eigenvalue weighted by atomic mass is 9.95. The van der Waals surface area contributed by atoms with Crippen molar-refractivity contribution in [2.45, 2.75) is 32.4 Å². The molecule has 29 heavy (non-hydrogen) atoms. The van der Waals surface area contributed by atoms with Crippen LogP contribution in [-0.4, -0.2) is 14.4 Å². The average Bonchev–Trinajstić information content (AvgIpc) is 2.64. The number of phenols is 2. The van der Waals surface area contributed by atoms with Gasteiger partial charge in [-0.05, 0) is 48.2 Å². The molecule has 3 aromatic rings. The molecule has 152 valence electrons. The number of rotatable bonds is 6. The number of hydrogen-bond acceptors (Lipinski definition) is 3. The molecule has 0 radical (unpaired) electrons. The zero-order valence-corrected chi connectivity index (χ0v) is 17.4. The standard InChI is InChI=1S/C23H24FNO3S/c1-14(2)19-11-20(23(27)12-22(19)26)18-9-8-17(24)10-21(18)25-29(28)13-16-6-4-15(3)5-7-16/h4-12,14,25-27H,13H2,1-3H3. The molecule has 1 unspecified atom stereocenters. The zero-order chi connectivity index (χ0) is 21.1. The molecule has 0 saturated carbocycles. The molecule has 0 heterocycles. The van der Waals surface area contributed by atoms with Crippen LogP contribution in [-0.2, 0) is 16.7 Å². The van der Waals surface area contributed by atoms with Gasteiger partial charge in [0.25, 0.3) is 0 Å². The maximum Gasteiger partial charge on any atom is 0.127 e. The number of nitrogens with one attached hydrogen (secondary N) is 1. The number of benzene rings is 3. The first kappa shape index (κ1) is 20.9. The van der Waals surface area contributed by atoms with E-state index in [1.807, 2.05) is 45.0 Å². The quantitative estimate of drug-likeness (QED) is 0.492. The van der Waals surface area contributed by atoms with Gasteiger partial charge in [-0.25, -0.2) is 8.60 Å². The minimum absolute atomic E-state index is 0.000758. The van der Waals surface area contributed by atoms with Gasteiger partial charge in [-0.3, -0.25) is 0 Å². The van der Waals surface area contributed by atoms with Crippen molar-refractivity contribution in [3.63, 3.8) is 0 Å². The number of phenolic OH excluding ortho intramolecular Hbond substituents is 2. The molecule has 0 fully saturated rings. The summed E-state index contributed by atoms with van der Waals surface area (Å²) in [6, 6.07) is 14.7. The van der Waals surface area contributed by atoms with Gasteiger partial charge in [-0.1, -0.05) is 43.7 Å². The molecule has 0 amide bonds. The van der Waals surface area contributed by atoms with Crippen molar-refractivity contribution in [2.75, 3.05) is 4.72 Å². The average molecular weight is 414 g/mol. The Balaban J connectivity index is 1.95. The first-order chi connectivity index (χ1) is 13.7. The molecule has 0 spiro atoms. The summed E-state index contributed by atoms with van der Waals surface area (Å²) < 4.78 is 29.4. The molecule has 6 heteroatoms. The Morgan fingerprint density at radius 2 is 1.66 bits per heavy atom. The van der Waals surface area contributed by atoms with Crippen molar-refractivity contribution >= 4 is 16.7 Å². The van der Waals surface area contributed by atoms with Crippen molar-refractivity contribution < 1.29 is 18.8 Å². The lowest BCUT2D eigenvalue weighted by molar-refractivity contribution is 0.445. The third-order valence-electron chi connectivity index (χ3n) is 4.68. The molecule has 3 aromatic carbocycles. The zero-order valence-electron chi connectivity index (χ0n) is 16.6. The molecule has 1 atom stereocenters. The number of anilines is 1. The van der Waals surface area contributed by atoms with Gasteiger partial charge < -0.3 is 14.9 Å². The van der Waals surface area contributed by atoms with Crippen molar-refractivity contribution in [2.24, 2.45) is 0 Å².